The van der Waals surface area contributed by atoms with Crippen LogP contribution in [0.2, 0.25) is 0 Å². The Bertz CT molecular complexity index is 325. The van der Waals surface area contributed by atoms with Crippen LogP contribution in [0.3, 0.4) is 0 Å². The lowest BCUT2D eigenvalue weighted by molar-refractivity contribution is -0.270. The third kappa shape index (κ3) is 0.932. The van der Waals surface area contributed by atoms with Crippen molar-refractivity contribution in [3.8, 4) is 0 Å². The van der Waals surface area contributed by atoms with Crippen molar-refractivity contribution in [1.29, 1.82) is 0 Å². The first kappa shape index (κ1) is 11.0. The minimum absolute atomic E-state index is 0.0515. The highest BCUT2D eigenvalue weighted by Gasteiger charge is 2.75. The zero-order valence-corrected chi connectivity index (χ0v) is 10.9. The largest absolute Gasteiger partial charge is 0.365 e. The van der Waals surface area contributed by atoms with Gasteiger partial charge in [-0.1, -0.05) is 13.8 Å². The molecule has 1 saturated heterocycles. The van der Waals surface area contributed by atoms with Crippen molar-refractivity contribution >= 4 is 0 Å². The lowest BCUT2D eigenvalue weighted by atomic mass is 9.65. The topological polar surface area (TPSA) is 29.5 Å². The molecular formula is C14H24O2. The maximum Gasteiger partial charge on any atom is 0.174 e. The predicted molar refractivity (Wildman–Crippen MR) is 62.8 cm³/mol. The van der Waals surface area contributed by atoms with Crippen LogP contribution < -0.4 is 0 Å². The van der Waals surface area contributed by atoms with Crippen molar-refractivity contribution in [2.24, 2.45) is 23.2 Å². The zero-order chi connectivity index (χ0) is 11.8. The standard InChI is InChI=1S/C14H24O2/c1-9-5-6-11-12(3,4)16-14(15)10(2)7-8-13(9,11)14/h9-11,15H,5-8H2,1-4H3/t9-,10+,11+,13+,14+/m1/s1. The van der Waals surface area contributed by atoms with Gasteiger partial charge in [0.1, 0.15) is 0 Å². The average Bonchev–Trinajstić information content (AvgIpc) is 2.68. The van der Waals surface area contributed by atoms with Gasteiger partial charge < -0.3 is 9.84 Å². The number of ether oxygens (including phenoxy) is 1. The molecule has 0 aromatic heterocycles. The third-order valence-electron chi connectivity index (χ3n) is 5.97. The normalized spacial score (nSPS) is 58.7. The molecule has 3 aliphatic rings. The minimum Gasteiger partial charge on any atom is -0.365 e. The van der Waals surface area contributed by atoms with E-state index in [9.17, 15) is 5.11 Å². The Balaban J connectivity index is 2.14. The van der Waals surface area contributed by atoms with Crippen LogP contribution in [-0.4, -0.2) is 16.5 Å². The summed E-state index contributed by atoms with van der Waals surface area (Å²) in [5.74, 6) is 0.591. The lowest BCUT2D eigenvalue weighted by Crippen LogP contribution is -2.48. The zero-order valence-electron chi connectivity index (χ0n) is 10.9. The molecule has 16 heavy (non-hydrogen) atoms. The van der Waals surface area contributed by atoms with E-state index < -0.39 is 5.79 Å². The number of hydrogen-bond donors (Lipinski definition) is 1. The second-order valence-corrected chi connectivity index (χ2v) is 6.91. The van der Waals surface area contributed by atoms with E-state index in [2.05, 4.69) is 27.7 Å². The van der Waals surface area contributed by atoms with E-state index in [1.807, 2.05) is 0 Å². The molecule has 0 bridgehead atoms. The Morgan fingerprint density at radius 1 is 1.06 bits per heavy atom. The second-order valence-electron chi connectivity index (χ2n) is 6.91. The predicted octanol–water partition coefficient (Wildman–Crippen LogP) is 2.95. The summed E-state index contributed by atoms with van der Waals surface area (Å²) in [6.07, 6.45) is 4.75. The summed E-state index contributed by atoms with van der Waals surface area (Å²) < 4.78 is 6.16. The van der Waals surface area contributed by atoms with E-state index in [4.69, 9.17) is 4.74 Å². The van der Waals surface area contributed by atoms with Gasteiger partial charge >= 0.3 is 0 Å². The Hall–Kier alpha value is -0.0800. The van der Waals surface area contributed by atoms with Crippen LogP contribution in [0.5, 0.6) is 0 Å². The molecule has 2 aliphatic carbocycles. The van der Waals surface area contributed by atoms with Crippen LogP contribution in [0.15, 0.2) is 0 Å². The smallest absolute Gasteiger partial charge is 0.174 e. The fourth-order valence-electron chi connectivity index (χ4n) is 5.22. The highest BCUT2D eigenvalue weighted by Crippen LogP contribution is 2.71. The molecule has 1 heterocycles. The van der Waals surface area contributed by atoms with Gasteiger partial charge in [0.25, 0.3) is 0 Å². The number of hydrogen-bond acceptors (Lipinski definition) is 2. The van der Waals surface area contributed by atoms with E-state index in [-0.39, 0.29) is 16.9 Å². The fraction of sp³-hybridized carbons (Fsp3) is 1.00. The van der Waals surface area contributed by atoms with Gasteiger partial charge in [-0.25, -0.2) is 0 Å². The summed E-state index contributed by atoms with van der Waals surface area (Å²) in [4.78, 5) is 0. The van der Waals surface area contributed by atoms with Gasteiger partial charge in [-0.05, 0) is 51.4 Å². The third-order valence-corrected chi connectivity index (χ3v) is 5.97. The molecule has 0 unspecified atom stereocenters. The van der Waals surface area contributed by atoms with Crippen LogP contribution >= 0.6 is 0 Å². The SMILES string of the molecule is C[C@@H]1CC[C@H]2C(C)(C)O[C@@]3(O)[C@@H](C)CC[C@]123. The summed E-state index contributed by atoms with van der Waals surface area (Å²) >= 11 is 0. The van der Waals surface area contributed by atoms with Gasteiger partial charge in [0.05, 0.1) is 5.60 Å². The van der Waals surface area contributed by atoms with Crippen LogP contribution in [0.25, 0.3) is 0 Å². The van der Waals surface area contributed by atoms with Crippen LogP contribution in [0.1, 0.15) is 53.4 Å². The van der Waals surface area contributed by atoms with Gasteiger partial charge in [0.2, 0.25) is 0 Å². The lowest BCUT2D eigenvalue weighted by Gasteiger charge is -2.40. The van der Waals surface area contributed by atoms with Gasteiger partial charge in [-0.2, -0.15) is 0 Å². The molecule has 92 valence electrons. The van der Waals surface area contributed by atoms with Crippen molar-refractivity contribution in [1.82, 2.24) is 0 Å². The molecule has 3 rings (SSSR count). The van der Waals surface area contributed by atoms with Gasteiger partial charge in [-0.15, -0.1) is 0 Å². The summed E-state index contributed by atoms with van der Waals surface area (Å²) in [5.41, 5.74) is -0.0931. The van der Waals surface area contributed by atoms with E-state index in [1.54, 1.807) is 0 Å². The Morgan fingerprint density at radius 2 is 1.75 bits per heavy atom. The molecule has 0 amide bonds. The van der Waals surface area contributed by atoms with E-state index in [0.29, 0.717) is 11.8 Å². The van der Waals surface area contributed by atoms with Gasteiger partial charge in [0, 0.05) is 11.3 Å². The molecule has 3 fully saturated rings. The van der Waals surface area contributed by atoms with Gasteiger partial charge in [-0.3, -0.25) is 0 Å². The fourth-order valence-corrected chi connectivity index (χ4v) is 5.22. The molecule has 0 radical (unpaired) electrons. The molecule has 1 aliphatic heterocycles. The highest BCUT2D eigenvalue weighted by molar-refractivity contribution is 5.18. The van der Waals surface area contributed by atoms with E-state index in [1.165, 1.54) is 12.8 Å². The highest BCUT2D eigenvalue weighted by atomic mass is 16.7. The molecule has 1 N–H and O–H groups in total. The van der Waals surface area contributed by atoms with E-state index >= 15 is 0 Å². The number of aliphatic hydroxyl groups is 1. The average molecular weight is 224 g/mol. The molecule has 2 heteroatoms. The molecular weight excluding hydrogens is 200 g/mol. The minimum atomic E-state index is -0.850. The van der Waals surface area contributed by atoms with Crippen molar-refractivity contribution in [3.05, 3.63) is 0 Å². The molecule has 2 saturated carbocycles. The number of rotatable bonds is 0. The van der Waals surface area contributed by atoms with Crippen LogP contribution in [0.4, 0.5) is 0 Å². The quantitative estimate of drug-likeness (QED) is 0.685. The first-order chi connectivity index (χ1) is 7.34. The maximum atomic E-state index is 11.0. The summed E-state index contributed by atoms with van der Waals surface area (Å²) in [5, 5.41) is 11.0. The van der Waals surface area contributed by atoms with Crippen molar-refractivity contribution in [3.63, 3.8) is 0 Å². The summed E-state index contributed by atoms with van der Waals surface area (Å²) in [6.45, 7) is 8.80. The molecule has 5 atom stereocenters. The van der Waals surface area contributed by atoms with Crippen molar-refractivity contribution in [2.45, 2.75) is 64.8 Å². The van der Waals surface area contributed by atoms with Crippen molar-refractivity contribution in [2.75, 3.05) is 0 Å². The Morgan fingerprint density at radius 3 is 2.44 bits per heavy atom. The van der Waals surface area contributed by atoms with Crippen LogP contribution in [0, 0.1) is 23.2 Å². The van der Waals surface area contributed by atoms with Crippen LogP contribution in [-0.2, 0) is 4.74 Å². The Kier molecular flexibility index (Phi) is 1.96. The molecule has 2 nitrogen and oxygen atoms in total. The molecule has 0 aromatic rings. The Labute approximate surface area is 98.4 Å². The first-order valence-electron chi connectivity index (χ1n) is 6.77. The second kappa shape index (κ2) is 2.84. The summed E-state index contributed by atoms with van der Waals surface area (Å²) in [7, 11) is 0. The van der Waals surface area contributed by atoms with E-state index in [0.717, 1.165) is 12.8 Å². The van der Waals surface area contributed by atoms with Gasteiger partial charge in [0.15, 0.2) is 5.79 Å². The maximum absolute atomic E-state index is 11.0. The molecule has 0 aromatic carbocycles. The monoisotopic (exact) mass is 224 g/mol. The summed E-state index contributed by atoms with van der Waals surface area (Å²) in [6, 6.07) is 0. The molecule has 1 spiro atoms. The first-order valence-corrected chi connectivity index (χ1v) is 6.77. The van der Waals surface area contributed by atoms with Crippen molar-refractivity contribution < 1.29 is 9.84 Å².